The van der Waals surface area contributed by atoms with Crippen LogP contribution in [0.15, 0.2) is 35.6 Å². The van der Waals surface area contributed by atoms with E-state index in [2.05, 4.69) is 38.7 Å². The molecule has 146 valence electrons. The summed E-state index contributed by atoms with van der Waals surface area (Å²) in [6.45, 7) is 6.77. The molecule has 1 unspecified atom stereocenters. The van der Waals surface area contributed by atoms with Gasteiger partial charge in [0.05, 0.1) is 10.8 Å². The molecule has 0 N–H and O–H groups in total. The van der Waals surface area contributed by atoms with Crippen molar-refractivity contribution in [3.8, 4) is 11.4 Å². The molecule has 3 heterocycles. The fraction of sp³-hybridized carbons (Fsp3) is 0.389. The Morgan fingerprint density at radius 3 is 3.11 bits per heavy atom. The van der Waals surface area contributed by atoms with Crippen molar-refractivity contribution in [1.29, 1.82) is 0 Å². The highest BCUT2D eigenvalue weighted by atomic mass is 32.2. The molecule has 0 fully saturated rings. The van der Waals surface area contributed by atoms with Crippen LogP contribution in [0.2, 0.25) is 0 Å². The van der Waals surface area contributed by atoms with Crippen molar-refractivity contribution in [3.63, 3.8) is 0 Å². The summed E-state index contributed by atoms with van der Waals surface area (Å²) >= 11 is 3.25. The minimum Gasteiger partial charge on any atom is -0.298 e. The van der Waals surface area contributed by atoms with Crippen LogP contribution in [0.25, 0.3) is 11.4 Å². The van der Waals surface area contributed by atoms with Crippen LogP contribution in [0.3, 0.4) is 0 Å². The van der Waals surface area contributed by atoms with Gasteiger partial charge in [-0.2, -0.15) is 5.10 Å². The highest BCUT2D eigenvalue weighted by Crippen LogP contribution is 2.38. The number of nitrogens with zero attached hydrogens (tertiary/aromatic N) is 6. The van der Waals surface area contributed by atoms with Crippen LogP contribution in [-0.4, -0.2) is 29.5 Å². The second-order valence-corrected chi connectivity index (χ2v) is 8.75. The molecule has 8 nitrogen and oxygen atoms in total. The lowest BCUT2D eigenvalue weighted by Crippen LogP contribution is -2.10. The Labute approximate surface area is 170 Å². The minimum absolute atomic E-state index is 0.0204. The molecule has 1 atom stereocenters. The third kappa shape index (κ3) is 3.61. The van der Waals surface area contributed by atoms with Crippen LogP contribution < -0.4 is 0 Å². The molecule has 4 rings (SSSR count). The van der Waals surface area contributed by atoms with E-state index in [0.717, 1.165) is 29.7 Å². The summed E-state index contributed by atoms with van der Waals surface area (Å²) in [6, 6.07) is 0. The van der Waals surface area contributed by atoms with Gasteiger partial charge in [0.1, 0.15) is 12.4 Å². The average Bonchev–Trinajstić information content (AvgIpc) is 3.38. The quantitative estimate of drug-likeness (QED) is 0.248. The Bertz CT molecular complexity index is 1020. The lowest BCUT2D eigenvalue weighted by molar-refractivity contribution is -0.385. The van der Waals surface area contributed by atoms with Crippen LogP contribution >= 0.6 is 23.1 Å². The van der Waals surface area contributed by atoms with Gasteiger partial charge in [0.25, 0.3) is 0 Å². The zero-order valence-electron chi connectivity index (χ0n) is 15.4. The molecular formula is C18H20N6O2S2. The van der Waals surface area contributed by atoms with E-state index in [9.17, 15) is 10.1 Å². The van der Waals surface area contributed by atoms with Gasteiger partial charge in [-0.25, -0.2) is 0 Å². The predicted octanol–water partition coefficient (Wildman–Crippen LogP) is 4.17. The Kier molecular flexibility index (Phi) is 5.31. The van der Waals surface area contributed by atoms with E-state index in [-0.39, 0.29) is 5.69 Å². The summed E-state index contributed by atoms with van der Waals surface area (Å²) in [5, 5.41) is 26.6. The number of hydrogen-bond donors (Lipinski definition) is 0. The van der Waals surface area contributed by atoms with Crippen LogP contribution in [0.1, 0.15) is 23.8 Å². The van der Waals surface area contributed by atoms with Crippen molar-refractivity contribution in [1.82, 2.24) is 24.5 Å². The minimum atomic E-state index is -0.451. The first-order valence-electron chi connectivity index (χ1n) is 9.00. The molecule has 1 aliphatic rings. The molecule has 0 aliphatic heterocycles. The molecule has 0 amide bonds. The summed E-state index contributed by atoms with van der Waals surface area (Å²) < 4.78 is 3.58. The topological polar surface area (TPSA) is 91.7 Å². The van der Waals surface area contributed by atoms with Crippen LogP contribution in [0.5, 0.6) is 0 Å². The van der Waals surface area contributed by atoms with Gasteiger partial charge in [-0.3, -0.25) is 19.4 Å². The number of fused-ring (bicyclic) bond motifs is 1. The van der Waals surface area contributed by atoms with Gasteiger partial charge in [-0.15, -0.1) is 28.1 Å². The molecule has 0 saturated heterocycles. The van der Waals surface area contributed by atoms with E-state index in [1.807, 2.05) is 17.4 Å². The zero-order valence-corrected chi connectivity index (χ0v) is 17.1. The van der Waals surface area contributed by atoms with Gasteiger partial charge in [-0.05, 0) is 30.7 Å². The summed E-state index contributed by atoms with van der Waals surface area (Å²) in [5.41, 5.74) is 2.55. The number of aromatic nitrogens is 5. The van der Waals surface area contributed by atoms with E-state index < -0.39 is 4.92 Å². The number of thiophene rings is 1. The smallest absolute Gasteiger partial charge is 0.298 e. The molecule has 0 saturated carbocycles. The number of thioether (sulfide) groups is 1. The van der Waals surface area contributed by atoms with Gasteiger partial charge in [0, 0.05) is 22.4 Å². The Balaban J connectivity index is 1.59. The highest BCUT2D eigenvalue weighted by molar-refractivity contribution is 7.98. The predicted molar refractivity (Wildman–Crippen MR) is 109 cm³/mol. The van der Waals surface area contributed by atoms with Gasteiger partial charge >= 0.3 is 5.69 Å². The summed E-state index contributed by atoms with van der Waals surface area (Å²) in [5.74, 6) is 2.01. The molecule has 0 spiro atoms. The van der Waals surface area contributed by atoms with Crippen LogP contribution in [-0.2, 0) is 25.3 Å². The van der Waals surface area contributed by atoms with E-state index in [1.54, 1.807) is 0 Å². The van der Waals surface area contributed by atoms with Crippen molar-refractivity contribution in [2.75, 3.05) is 0 Å². The van der Waals surface area contributed by atoms with Crippen molar-refractivity contribution >= 4 is 28.8 Å². The van der Waals surface area contributed by atoms with Crippen LogP contribution in [0, 0.1) is 16.0 Å². The van der Waals surface area contributed by atoms with Crippen molar-refractivity contribution < 1.29 is 4.92 Å². The molecular weight excluding hydrogens is 396 g/mol. The number of nitro groups is 1. The molecule has 3 aromatic heterocycles. The second-order valence-electron chi connectivity index (χ2n) is 6.87. The van der Waals surface area contributed by atoms with Gasteiger partial charge in [-0.1, -0.05) is 24.8 Å². The summed E-state index contributed by atoms with van der Waals surface area (Å²) in [4.78, 5) is 11.8. The van der Waals surface area contributed by atoms with E-state index in [4.69, 9.17) is 0 Å². The Morgan fingerprint density at radius 1 is 1.50 bits per heavy atom. The van der Waals surface area contributed by atoms with Gasteiger partial charge in [0.2, 0.25) is 0 Å². The van der Waals surface area contributed by atoms with E-state index in [0.29, 0.717) is 12.4 Å². The third-order valence-electron chi connectivity index (χ3n) is 4.83. The maximum absolute atomic E-state index is 10.8. The summed E-state index contributed by atoms with van der Waals surface area (Å²) in [6.07, 6.45) is 7.91. The molecule has 1 aliphatic carbocycles. The second kappa shape index (κ2) is 7.88. The zero-order chi connectivity index (χ0) is 19.7. The third-order valence-corrected chi connectivity index (χ3v) is 6.83. The SMILES string of the molecule is C=CCn1c(SCn2cc([N+](=O)[O-])cn2)nnc1-c1csc2c1CCC(C)C2. The first-order valence-corrected chi connectivity index (χ1v) is 10.9. The number of allylic oxidation sites excluding steroid dienone is 1. The average molecular weight is 417 g/mol. The Morgan fingerprint density at radius 2 is 2.36 bits per heavy atom. The number of hydrogen-bond acceptors (Lipinski definition) is 7. The van der Waals surface area contributed by atoms with Crippen LogP contribution in [0.4, 0.5) is 5.69 Å². The monoisotopic (exact) mass is 416 g/mol. The normalized spacial score (nSPS) is 16.1. The van der Waals surface area contributed by atoms with Crippen molar-refractivity contribution in [3.05, 3.63) is 51.0 Å². The molecule has 28 heavy (non-hydrogen) atoms. The maximum atomic E-state index is 10.8. The maximum Gasteiger partial charge on any atom is 0.307 e. The van der Waals surface area contributed by atoms with Crippen molar-refractivity contribution in [2.45, 2.75) is 43.8 Å². The summed E-state index contributed by atoms with van der Waals surface area (Å²) in [7, 11) is 0. The molecule has 10 heteroatoms. The Hall–Kier alpha value is -2.46. The van der Waals surface area contributed by atoms with Gasteiger partial charge in [0.15, 0.2) is 11.0 Å². The fourth-order valence-corrected chi connectivity index (χ4v) is 5.44. The van der Waals surface area contributed by atoms with E-state index >= 15 is 0 Å². The lowest BCUT2D eigenvalue weighted by atomic mass is 9.88. The molecule has 3 aromatic rings. The van der Waals surface area contributed by atoms with Crippen molar-refractivity contribution in [2.24, 2.45) is 5.92 Å². The molecule has 0 aromatic carbocycles. The first kappa shape index (κ1) is 18.9. The first-order chi connectivity index (χ1) is 13.6. The van der Waals surface area contributed by atoms with Gasteiger partial charge < -0.3 is 0 Å². The number of rotatable bonds is 7. The standard InChI is InChI=1S/C18H20N6O2S2/c1-3-6-23-17(15-10-27-16-7-12(2)4-5-14(15)16)20-21-18(23)28-11-22-9-13(8-19-22)24(25)26/h3,8-10,12H,1,4-7,11H2,2H3. The molecule has 0 radical (unpaired) electrons. The molecule has 0 bridgehead atoms. The van der Waals surface area contributed by atoms with E-state index in [1.165, 1.54) is 51.3 Å². The highest BCUT2D eigenvalue weighted by Gasteiger charge is 2.24. The lowest BCUT2D eigenvalue weighted by Gasteiger charge is -2.19. The largest absolute Gasteiger partial charge is 0.307 e. The fourth-order valence-electron chi connectivity index (χ4n) is 3.39.